The smallest absolute Gasteiger partial charge is 0.260 e. The van der Waals surface area contributed by atoms with Gasteiger partial charge in [-0.1, -0.05) is 48.5 Å². The lowest BCUT2D eigenvalue weighted by Crippen LogP contribution is -2.36. The summed E-state index contributed by atoms with van der Waals surface area (Å²) < 4.78 is 1.80. The first-order chi connectivity index (χ1) is 14.5. The molecule has 1 aliphatic heterocycles. The minimum Gasteiger partial charge on any atom is -0.494 e. The summed E-state index contributed by atoms with van der Waals surface area (Å²) in [6.07, 6.45) is 0.883. The number of H-pyrrole nitrogens is 2. The predicted octanol–water partition coefficient (Wildman–Crippen LogP) is 3.72. The number of aromatic amines is 2. The van der Waals surface area contributed by atoms with Gasteiger partial charge in [-0.05, 0) is 42.9 Å². The summed E-state index contributed by atoms with van der Waals surface area (Å²) in [6.45, 7) is 1.16. The Bertz CT molecular complexity index is 1350. The maximum Gasteiger partial charge on any atom is 0.260 e. The summed E-state index contributed by atoms with van der Waals surface area (Å²) in [6, 6.07) is 17.5. The lowest BCUT2D eigenvalue weighted by Gasteiger charge is -2.33. The summed E-state index contributed by atoms with van der Waals surface area (Å²) in [5, 5.41) is 12.4. The monoisotopic (exact) mass is 418 g/mol. The first kappa shape index (κ1) is 18.8. The van der Waals surface area contributed by atoms with Crippen LogP contribution in [0.15, 0.2) is 59.4 Å². The van der Waals surface area contributed by atoms with Crippen molar-refractivity contribution >= 4 is 23.1 Å². The van der Waals surface area contributed by atoms with Crippen molar-refractivity contribution < 1.29 is 5.11 Å². The number of para-hydroxylation sites is 1. The molecule has 2 aromatic heterocycles. The van der Waals surface area contributed by atoms with Gasteiger partial charge in [-0.3, -0.25) is 19.2 Å². The normalized spacial score (nSPS) is 16.6. The number of nitrogens with one attached hydrogen (secondary N) is 2. The van der Waals surface area contributed by atoms with Gasteiger partial charge in [-0.25, -0.2) is 0 Å². The molecule has 0 bridgehead atoms. The highest BCUT2D eigenvalue weighted by Crippen LogP contribution is 2.39. The Hall–Kier alpha value is -3.16. The standard InChI is InChI=1S/C23H22N4O2S/c1-26-12-11-16-15-9-5-6-10-17(15)24-19(16)20(26)18-21(28)25-23(30)27(22(18)29)13-14-7-3-2-4-8-14/h2-10,20,24,29H,11-13H2,1H3,(H,25,28,30). The molecule has 3 N–H and O–H groups in total. The highest BCUT2D eigenvalue weighted by Gasteiger charge is 2.34. The Morgan fingerprint density at radius 1 is 1.10 bits per heavy atom. The van der Waals surface area contributed by atoms with Crippen molar-refractivity contribution in [1.29, 1.82) is 0 Å². The summed E-state index contributed by atoms with van der Waals surface area (Å²) in [5.41, 5.74) is 4.14. The zero-order chi connectivity index (χ0) is 20.8. The van der Waals surface area contributed by atoms with Crippen molar-refractivity contribution in [1.82, 2.24) is 19.4 Å². The number of nitrogens with zero attached hydrogens (tertiary/aromatic N) is 2. The molecule has 2 aromatic carbocycles. The van der Waals surface area contributed by atoms with Crippen LogP contribution >= 0.6 is 12.2 Å². The molecule has 1 atom stereocenters. The molecule has 5 rings (SSSR count). The second-order valence-corrected chi connectivity index (χ2v) is 8.15. The van der Waals surface area contributed by atoms with E-state index < -0.39 is 0 Å². The Morgan fingerprint density at radius 3 is 2.63 bits per heavy atom. The van der Waals surface area contributed by atoms with Crippen LogP contribution in [-0.4, -0.2) is 38.1 Å². The van der Waals surface area contributed by atoms with Crippen molar-refractivity contribution in [3.05, 3.63) is 92.1 Å². The molecule has 0 saturated heterocycles. The fraction of sp³-hybridized carbons (Fsp3) is 0.217. The fourth-order valence-electron chi connectivity index (χ4n) is 4.46. The van der Waals surface area contributed by atoms with E-state index >= 15 is 0 Å². The molecular weight excluding hydrogens is 396 g/mol. The summed E-state index contributed by atoms with van der Waals surface area (Å²) in [5.74, 6) is -0.0871. The van der Waals surface area contributed by atoms with E-state index in [1.807, 2.05) is 55.6 Å². The molecular formula is C23H22N4O2S. The van der Waals surface area contributed by atoms with Gasteiger partial charge in [0.05, 0.1) is 12.6 Å². The van der Waals surface area contributed by atoms with E-state index in [0.717, 1.165) is 29.7 Å². The van der Waals surface area contributed by atoms with Gasteiger partial charge in [0.15, 0.2) is 4.77 Å². The van der Waals surface area contributed by atoms with Crippen molar-refractivity contribution in [3.8, 4) is 5.88 Å². The van der Waals surface area contributed by atoms with Gasteiger partial charge in [0.1, 0.15) is 5.56 Å². The molecule has 152 valence electrons. The van der Waals surface area contributed by atoms with Crippen molar-refractivity contribution in [2.45, 2.75) is 19.0 Å². The van der Waals surface area contributed by atoms with E-state index in [1.54, 1.807) is 4.57 Å². The molecule has 0 fully saturated rings. The number of aromatic hydroxyl groups is 1. The number of fused-ring (bicyclic) bond motifs is 3. The molecule has 0 spiro atoms. The molecule has 0 aliphatic carbocycles. The number of hydrogen-bond donors (Lipinski definition) is 3. The maximum absolute atomic E-state index is 13.0. The topological polar surface area (TPSA) is 77.1 Å². The van der Waals surface area contributed by atoms with Crippen molar-refractivity contribution in [2.24, 2.45) is 0 Å². The van der Waals surface area contributed by atoms with E-state index in [-0.39, 0.29) is 22.3 Å². The largest absolute Gasteiger partial charge is 0.494 e. The third kappa shape index (κ3) is 2.98. The van der Waals surface area contributed by atoms with Crippen LogP contribution in [0, 0.1) is 4.77 Å². The van der Waals surface area contributed by atoms with Gasteiger partial charge in [-0.2, -0.15) is 0 Å². The number of hydrogen-bond acceptors (Lipinski definition) is 4. The third-order valence-electron chi connectivity index (χ3n) is 5.94. The average Bonchev–Trinajstić information content (AvgIpc) is 3.12. The minimum atomic E-state index is -0.387. The quantitative estimate of drug-likeness (QED) is 0.443. The number of likely N-dealkylation sites (N-methyl/N-ethyl adjacent to an activating group) is 1. The zero-order valence-electron chi connectivity index (χ0n) is 16.6. The maximum atomic E-state index is 13.0. The molecule has 1 unspecified atom stereocenters. The van der Waals surface area contributed by atoms with Crippen LogP contribution in [0.4, 0.5) is 0 Å². The van der Waals surface area contributed by atoms with Crippen LogP contribution in [0.1, 0.15) is 28.4 Å². The number of rotatable bonds is 3. The second-order valence-electron chi connectivity index (χ2n) is 7.76. The highest BCUT2D eigenvalue weighted by molar-refractivity contribution is 7.71. The fourth-order valence-corrected chi connectivity index (χ4v) is 4.70. The number of benzene rings is 2. The van der Waals surface area contributed by atoms with Crippen molar-refractivity contribution in [3.63, 3.8) is 0 Å². The van der Waals surface area contributed by atoms with Gasteiger partial charge in [0, 0.05) is 23.1 Å². The Balaban J connectivity index is 1.70. The van der Waals surface area contributed by atoms with E-state index in [2.05, 4.69) is 20.9 Å². The van der Waals surface area contributed by atoms with Crippen LogP contribution in [0.3, 0.4) is 0 Å². The molecule has 0 amide bonds. The predicted molar refractivity (Wildman–Crippen MR) is 120 cm³/mol. The molecule has 1 aliphatic rings. The molecule has 4 aromatic rings. The number of aromatic nitrogens is 3. The van der Waals surface area contributed by atoms with Gasteiger partial charge in [0.2, 0.25) is 5.88 Å². The Morgan fingerprint density at radius 2 is 1.83 bits per heavy atom. The molecule has 0 saturated carbocycles. The minimum absolute atomic E-state index is 0.0871. The van der Waals surface area contributed by atoms with Crippen LogP contribution in [0.25, 0.3) is 10.9 Å². The first-order valence-electron chi connectivity index (χ1n) is 9.94. The van der Waals surface area contributed by atoms with Gasteiger partial charge >= 0.3 is 0 Å². The second kappa shape index (κ2) is 7.27. The van der Waals surface area contributed by atoms with Crippen LogP contribution in [0.5, 0.6) is 5.88 Å². The zero-order valence-corrected chi connectivity index (χ0v) is 17.4. The summed E-state index contributed by atoms with van der Waals surface area (Å²) in [4.78, 5) is 21.4. The highest BCUT2D eigenvalue weighted by atomic mass is 32.1. The molecule has 7 heteroatoms. The van der Waals surface area contributed by atoms with Gasteiger partial charge < -0.3 is 10.1 Å². The van der Waals surface area contributed by atoms with E-state index in [9.17, 15) is 9.90 Å². The molecule has 30 heavy (non-hydrogen) atoms. The molecule has 3 heterocycles. The first-order valence-corrected chi connectivity index (χ1v) is 10.3. The SMILES string of the molecule is CN1CCc2c([nH]c3ccccc23)C1c1c(O)n(Cc2ccccc2)c(=S)[nH]c1=O. The molecule has 0 radical (unpaired) electrons. The van der Waals surface area contributed by atoms with E-state index in [1.165, 1.54) is 10.9 Å². The summed E-state index contributed by atoms with van der Waals surface area (Å²) >= 11 is 5.37. The average molecular weight is 419 g/mol. The molecule has 6 nitrogen and oxygen atoms in total. The Kier molecular flexibility index (Phi) is 4.56. The van der Waals surface area contributed by atoms with E-state index in [0.29, 0.717) is 12.1 Å². The third-order valence-corrected chi connectivity index (χ3v) is 6.26. The van der Waals surface area contributed by atoms with Gasteiger partial charge in [-0.15, -0.1) is 0 Å². The Labute approximate surface area is 178 Å². The summed E-state index contributed by atoms with van der Waals surface area (Å²) in [7, 11) is 1.97. The van der Waals surface area contributed by atoms with Crippen LogP contribution in [0.2, 0.25) is 0 Å². The van der Waals surface area contributed by atoms with Crippen LogP contribution in [-0.2, 0) is 13.0 Å². The van der Waals surface area contributed by atoms with E-state index in [4.69, 9.17) is 12.2 Å². The lowest BCUT2D eigenvalue weighted by molar-refractivity contribution is 0.250. The van der Waals surface area contributed by atoms with Crippen molar-refractivity contribution in [2.75, 3.05) is 13.6 Å². The van der Waals surface area contributed by atoms with Crippen LogP contribution < -0.4 is 5.56 Å². The lowest BCUT2D eigenvalue weighted by atomic mass is 9.94. The van der Waals surface area contributed by atoms with Gasteiger partial charge in [0.25, 0.3) is 5.56 Å².